The molecule has 2 rings (SSSR count). The van der Waals surface area contributed by atoms with Gasteiger partial charge in [0.25, 0.3) is 0 Å². The molecule has 0 N–H and O–H groups in total. The summed E-state index contributed by atoms with van der Waals surface area (Å²) in [5, 5.41) is 0. The van der Waals surface area contributed by atoms with E-state index in [0.717, 1.165) is 38.8 Å². The quantitative estimate of drug-likeness (QED) is 0.627. The molecule has 0 aromatic carbocycles. The van der Waals surface area contributed by atoms with E-state index in [9.17, 15) is 4.79 Å². The van der Waals surface area contributed by atoms with Crippen molar-refractivity contribution in [3.63, 3.8) is 0 Å². The van der Waals surface area contributed by atoms with Gasteiger partial charge in [-0.15, -0.1) is 0 Å². The number of rotatable bonds is 1. The van der Waals surface area contributed by atoms with E-state index >= 15 is 0 Å². The van der Waals surface area contributed by atoms with Gasteiger partial charge < -0.3 is 4.90 Å². The van der Waals surface area contributed by atoms with Gasteiger partial charge in [-0.05, 0) is 32.1 Å². The van der Waals surface area contributed by atoms with Crippen LogP contribution in [0.15, 0.2) is 0 Å². The zero-order chi connectivity index (χ0) is 9.80. The average Bonchev–Trinajstić information content (AvgIpc) is 2.30. The maximum Gasteiger partial charge on any atom is 0.225 e. The predicted octanol–water partition coefficient (Wildman–Crippen LogP) is 2.39. The topological polar surface area (TPSA) is 20.3 Å². The van der Waals surface area contributed by atoms with Gasteiger partial charge >= 0.3 is 0 Å². The van der Waals surface area contributed by atoms with Crippen molar-refractivity contribution < 1.29 is 4.79 Å². The predicted molar refractivity (Wildman–Crippen MR) is 56.7 cm³/mol. The van der Waals surface area contributed by atoms with Crippen LogP contribution in [-0.4, -0.2) is 23.9 Å². The third-order valence-corrected chi connectivity index (χ3v) is 3.47. The lowest BCUT2D eigenvalue weighted by Gasteiger charge is -2.31. The maximum absolute atomic E-state index is 12.1. The Morgan fingerprint density at radius 1 is 1.07 bits per heavy atom. The molecule has 0 spiro atoms. The highest BCUT2D eigenvalue weighted by molar-refractivity contribution is 5.79. The Morgan fingerprint density at radius 3 is 2.36 bits per heavy atom. The lowest BCUT2D eigenvalue weighted by Crippen LogP contribution is -2.40. The van der Waals surface area contributed by atoms with Crippen LogP contribution in [0.25, 0.3) is 0 Å². The van der Waals surface area contributed by atoms with Crippen LogP contribution in [0.5, 0.6) is 0 Å². The molecule has 79 valence electrons. The molecular formula is C12H20NO. The van der Waals surface area contributed by atoms with Crippen LogP contribution < -0.4 is 0 Å². The molecule has 0 aromatic rings. The molecule has 2 nitrogen and oxygen atoms in total. The molecule has 1 amide bonds. The van der Waals surface area contributed by atoms with Crippen LogP contribution in [0.4, 0.5) is 0 Å². The van der Waals surface area contributed by atoms with Crippen molar-refractivity contribution in [3.8, 4) is 0 Å². The molecule has 1 saturated carbocycles. The van der Waals surface area contributed by atoms with E-state index in [4.69, 9.17) is 0 Å². The Kier molecular flexibility index (Phi) is 3.44. The highest BCUT2D eigenvalue weighted by atomic mass is 16.2. The first-order valence-corrected chi connectivity index (χ1v) is 5.98. The second-order valence-electron chi connectivity index (χ2n) is 4.53. The number of amides is 1. The second-order valence-corrected chi connectivity index (χ2v) is 4.53. The van der Waals surface area contributed by atoms with Gasteiger partial charge in [-0.25, -0.2) is 0 Å². The third kappa shape index (κ3) is 2.28. The van der Waals surface area contributed by atoms with E-state index in [0.29, 0.717) is 11.8 Å². The van der Waals surface area contributed by atoms with E-state index in [-0.39, 0.29) is 0 Å². The fourth-order valence-corrected chi connectivity index (χ4v) is 2.58. The largest absolute Gasteiger partial charge is 0.342 e. The molecule has 0 unspecified atom stereocenters. The van der Waals surface area contributed by atoms with Crippen molar-refractivity contribution in [3.05, 3.63) is 6.42 Å². The summed E-state index contributed by atoms with van der Waals surface area (Å²) >= 11 is 0. The molecule has 0 bridgehead atoms. The van der Waals surface area contributed by atoms with Gasteiger partial charge in [0.1, 0.15) is 0 Å². The van der Waals surface area contributed by atoms with Crippen LogP contribution in [0.1, 0.15) is 44.9 Å². The van der Waals surface area contributed by atoms with Gasteiger partial charge in [0.15, 0.2) is 0 Å². The van der Waals surface area contributed by atoms with Crippen LogP contribution >= 0.6 is 0 Å². The van der Waals surface area contributed by atoms with Gasteiger partial charge in [-0.2, -0.15) is 0 Å². The molecule has 1 aliphatic carbocycles. The zero-order valence-electron chi connectivity index (χ0n) is 8.87. The van der Waals surface area contributed by atoms with Gasteiger partial charge in [-0.3, -0.25) is 4.79 Å². The minimum atomic E-state index is 0.363. The SMILES string of the molecule is O=C(C1CCCCC1)N1CC[CH]CC1. The van der Waals surface area contributed by atoms with E-state index in [1.165, 1.54) is 19.3 Å². The van der Waals surface area contributed by atoms with Crippen molar-refractivity contribution in [2.24, 2.45) is 5.92 Å². The van der Waals surface area contributed by atoms with Gasteiger partial charge in [0.2, 0.25) is 5.91 Å². The van der Waals surface area contributed by atoms with E-state index in [2.05, 4.69) is 11.3 Å². The number of carbonyl (C=O) groups is 1. The Labute approximate surface area is 86.7 Å². The smallest absolute Gasteiger partial charge is 0.225 e. The molecular weight excluding hydrogens is 174 g/mol. The highest BCUT2D eigenvalue weighted by Crippen LogP contribution is 2.26. The lowest BCUT2D eigenvalue weighted by atomic mass is 9.88. The van der Waals surface area contributed by atoms with Crippen molar-refractivity contribution in [2.45, 2.75) is 44.9 Å². The summed E-state index contributed by atoms with van der Waals surface area (Å²) < 4.78 is 0. The molecule has 1 heterocycles. The number of carbonyl (C=O) groups excluding carboxylic acids is 1. The second kappa shape index (κ2) is 4.81. The van der Waals surface area contributed by atoms with Crippen molar-refractivity contribution in [1.82, 2.24) is 4.90 Å². The highest BCUT2D eigenvalue weighted by Gasteiger charge is 2.26. The first-order valence-electron chi connectivity index (χ1n) is 5.98. The first kappa shape index (κ1) is 10.0. The lowest BCUT2D eigenvalue weighted by molar-refractivity contribution is -0.137. The van der Waals surface area contributed by atoms with Crippen molar-refractivity contribution in [2.75, 3.05) is 13.1 Å². The molecule has 2 aliphatic rings. The van der Waals surface area contributed by atoms with Crippen LogP contribution in [0.2, 0.25) is 0 Å². The molecule has 2 fully saturated rings. The Bertz CT molecular complexity index is 170. The fourth-order valence-electron chi connectivity index (χ4n) is 2.58. The maximum atomic E-state index is 12.1. The molecule has 1 saturated heterocycles. The fraction of sp³-hybridized carbons (Fsp3) is 0.833. The standard InChI is InChI=1S/C12H20NO/c14-12(11-7-3-1-4-8-11)13-9-5-2-6-10-13/h2,11H,1,3-10H2. The summed E-state index contributed by atoms with van der Waals surface area (Å²) in [6.07, 6.45) is 10.6. The van der Waals surface area contributed by atoms with E-state index in [1.54, 1.807) is 0 Å². The summed E-state index contributed by atoms with van der Waals surface area (Å²) in [5.74, 6) is 0.805. The number of hydrogen-bond acceptors (Lipinski definition) is 1. The van der Waals surface area contributed by atoms with E-state index < -0.39 is 0 Å². The Balaban J connectivity index is 1.85. The first-order chi connectivity index (χ1) is 6.88. The average molecular weight is 194 g/mol. The number of nitrogens with zero attached hydrogens (tertiary/aromatic N) is 1. The van der Waals surface area contributed by atoms with Crippen LogP contribution in [0.3, 0.4) is 0 Å². The zero-order valence-corrected chi connectivity index (χ0v) is 8.87. The molecule has 1 radical (unpaired) electrons. The number of piperidine rings is 1. The Hall–Kier alpha value is -0.530. The van der Waals surface area contributed by atoms with Gasteiger partial charge in [-0.1, -0.05) is 19.3 Å². The molecule has 0 atom stereocenters. The molecule has 2 heteroatoms. The Morgan fingerprint density at radius 2 is 1.71 bits per heavy atom. The summed E-state index contributed by atoms with van der Waals surface area (Å²) in [7, 11) is 0. The summed E-state index contributed by atoms with van der Waals surface area (Å²) in [6.45, 7) is 1.94. The summed E-state index contributed by atoms with van der Waals surface area (Å²) in [4.78, 5) is 14.1. The summed E-state index contributed by atoms with van der Waals surface area (Å²) in [5.41, 5.74) is 0. The van der Waals surface area contributed by atoms with Crippen LogP contribution in [-0.2, 0) is 4.79 Å². The van der Waals surface area contributed by atoms with Crippen molar-refractivity contribution >= 4 is 5.91 Å². The van der Waals surface area contributed by atoms with Crippen LogP contribution in [0, 0.1) is 12.3 Å². The molecule has 1 aliphatic heterocycles. The minimum Gasteiger partial charge on any atom is -0.342 e. The summed E-state index contributed by atoms with van der Waals surface area (Å²) in [6, 6.07) is 0. The van der Waals surface area contributed by atoms with E-state index in [1.807, 2.05) is 0 Å². The van der Waals surface area contributed by atoms with Gasteiger partial charge in [0.05, 0.1) is 0 Å². The molecule has 14 heavy (non-hydrogen) atoms. The van der Waals surface area contributed by atoms with Crippen molar-refractivity contribution in [1.29, 1.82) is 0 Å². The number of likely N-dealkylation sites (tertiary alicyclic amines) is 1. The number of hydrogen-bond donors (Lipinski definition) is 0. The van der Waals surface area contributed by atoms with Gasteiger partial charge in [0, 0.05) is 19.0 Å². The normalized spacial score (nSPS) is 25.0. The minimum absolute atomic E-state index is 0.363. The third-order valence-electron chi connectivity index (χ3n) is 3.47. The molecule has 0 aromatic heterocycles. The monoisotopic (exact) mass is 194 g/mol.